The van der Waals surface area contributed by atoms with Crippen LogP contribution in [0.4, 0.5) is 4.79 Å². The van der Waals surface area contributed by atoms with Gasteiger partial charge in [-0.25, -0.2) is 4.79 Å². The van der Waals surface area contributed by atoms with Crippen LogP contribution in [0, 0.1) is 0 Å². The van der Waals surface area contributed by atoms with E-state index in [0.717, 1.165) is 0 Å². The quantitative estimate of drug-likeness (QED) is 0.691. The van der Waals surface area contributed by atoms with Gasteiger partial charge in [0.2, 0.25) is 0 Å². The number of ether oxygens (including phenoxy) is 1. The lowest BCUT2D eigenvalue weighted by molar-refractivity contribution is -0.114. The van der Waals surface area contributed by atoms with E-state index in [1.54, 1.807) is 26.8 Å². The zero-order chi connectivity index (χ0) is 10.8. The van der Waals surface area contributed by atoms with Crippen molar-refractivity contribution in [2.24, 2.45) is 0 Å². The van der Waals surface area contributed by atoms with Crippen molar-refractivity contribution in [1.82, 2.24) is 5.32 Å². The fourth-order valence-electron chi connectivity index (χ4n) is 1.13. The first kappa shape index (κ1) is 10.8. The summed E-state index contributed by atoms with van der Waals surface area (Å²) >= 11 is 0. The second-order valence-corrected chi connectivity index (χ2v) is 4.28. The van der Waals surface area contributed by atoms with Crippen molar-refractivity contribution in [3.8, 4) is 0 Å². The average molecular weight is 197 g/mol. The van der Waals surface area contributed by atoms with E-state index in [9.17, 15) is 9.59 Å². The molecule has 4 nitrogen and oxygen atoms in total. The van der Waals surface area contributed by atoms with E-state index in [0.29, 0.717) is 6.42 Å². The van der Waals surface area contributed by atoms with Gasteiger partial charge in [0.1, 0.15) is 5.60 Å². The molecule has 1 aliphatic carbocycles. The van der Waals surface area contributed by atoms with Crippen molar-refractivity contribution >= 4 is 11.9 Å². The third-order valence-corrected chi connectivity index (χ3v) is 1.64. The monoisotopic (exact) mass is 197 g/mol. The third-order valence-electron chi connectivity index (χ3n) is 1.64. The van der Waals surface area contributed by atoms with Gasteiger partial charge in [-0.05, 0) is 26.8 Å². The number of rotatable bonds is 1. The summed E-state index contributed by atoms with van der Waals surface area (Å²) < 4.78 is 5.04. The van der Waals surface area contributed by atoms with Gasteiger partial charge in [0.05, 0.1) is 6.04 Å². The highest BCUT2D eigenvalue weighted by molar-refractivity contribution is 5.93. The summed E-state index contributed by atoms with van der Waals surface area (Å²) in [6, 6.07) is -0.211. The number of ketones is 1. The molecule has 0 aromatic rings. The van der Waals surface area contributed by atoms with Gasteiger partial charge in [-0.2, -0.15) is 0 Å². The van der Waals surface area contributed by atoms with Gasteiger partial charge in [-0.3, -0.25) is 4.79 Å². The van der Waals surface area contributed by atoms with Crippen LogP contribution < -0.4 is 5.32 Å². The molecule has 0 bridgehead atoms. The molecule has 78 valence electrons. The number of carbonyl (C=O) groups is 2. The minimum Gasteiger partial charge on any atom is -0.444 e. The summed E-state index contributed by atoms with van der Waals surface area (Å²) in [5, 5.41) is 2.60. The Morgan fingerprint density at radius 2 is 2.21 bits per heavy atom. The topological polar surface area (TPSA) is 55.4 Å². The van der Waals surface area contributed by atoms with E-state index in [-0.39, 0.29) is 11.8 Å². The Morgan fingerprint density at radius 1 is 1.57 bits per heavy atom. The largest absolute Gasteiger partial charge is 0.444 e. The van der Waals surface area contributed by atoms with Crippen LogP contribution in [0.1, 0.15) is 27.2 Å². The minimum atomic E-state index is -0.504. The fraction of sp³-hybridized carbons (Fsp3) is 0.600. The van der Waals surface area contributed by atoms with E-state index < -0.39 is 11.7 Å². The van der Waals surface area contributed by atoms with E-state index in [2.05, 4.69) is 5.32 Å². The number of hydrogen-bond acceptors (Lipinski definition) is 3. The first-order valence-corrected chi connectivity index (χ1v) is 4.57. The molecule has 0 heterocycles. The fourth-order valence-corrected chi connectivity index (χ4v) is 1.13. The molecular weight excluding hydrogens is 182 g/mol. The molecule has 0 spiro atoms. The van der Waals surface area contributed by atoms with Gasteiger partial charge in [-0.1, -0.05) is 6.08 Å². The van der Waals surface area contributed by atoms with Crippen LogP contribution in [0.5, 0.6) is 0 Å². The number of amides is 1. The number of nitrogens with one attached hydrogen (secondary N) is 1. The molecule has 4 heteroatoms. The first-order valence-electron chi connectivity index (χ1n) is 4.57. The maximum absolute atomic E-state index is 11.2. The van der Waals surface area contributed by atoms with Crippen molar-refractivity contribution in [2.45, 2.75) is 38.8 Å². The minimum absolute atomic E-state index is 0.0334. The Hall–Kier alpha value is -1.32. The normalized spacial score (nSPS) is 21.1. The Labute approximate surface area is 83.3 Å². The zero-order valence-corrected chi connectivity index (χ0v) is 8.66. The van der Waals surface area contributed by atoms with E-state index in [1.807, 2.05) is 0 Å². The molecule has 1 rings (SSSR count). The predicted octanol–water partition coefficient (Wildman–Crippen LogP) is 1.41. The van der Waals surface area contributed by atoms with Gasteiger partial charge >= 0.3 is 6.09 Å². The molecule has 0 aliphatic heterocycles. The summed E-state index contributed by atoms with van der Waals surface area (Å²) in [5.41, 5.74) is -0.504. The number of alkyl carbamates (subject to hydrolysis) is 1. The maximum Gasteiger partial charge on any atom is 0.408 e. The van der Waals surface area contributed by atoms with E-state index in [4.69, 9.17) is 4.74 Å². The SMILES string of the molecule is CC(C)(C)OC(=O)N[C@H]1C=CC(=O)C1. The van der Waals surface area contributed by atoms with E-state index in [1.165, 1.54) is 6.08 Å². The van der Waals surface area contributed by atoms with Crippen LogP contribution in [-0.4, -0.2) is 23.5 Å². The number of carbonyl (C=O) groups excluding carboxylic acids is 2. The summed E-state index contributed by atoms with van der Waals surface area (Å²) in [6.07, 6.45) is 3.00. The van der Waals surface area contributed by atoms with Crippen molar-refractivity contribution in [3.05, 3.63) is 12.2 Å². The first-order chi connectivity index (χ1) is 6.37. The van der Waals surface area contributed by atoms with Gasteiger partial charge in [0, 0.05) is 6.42 Å². The second-order valence-electron chi connectivity index (χ2n) is 4.28. The number of allylic oxidation sites excluding steroid dienone is 1. The molecule has 0 radical (unpaired) electrons. The smallest absolute Gasteiger partial charge is 0.408 e. The van der Waals surface area contributed by atoms with Crippen LogP contribution in [0.25, 0.3) is 0 Å². The standard InChI is InChI=1S/C10H15NO3/c1-10(2,3)14-9(13)11-7-4-5-8(12)6-7/h4-5,7H,6H2,1-3H3,(H,11,13)/t7-/m0/s1. The van der Waals surface area contributed by atoms with Crippen LogP contribution in [0.3, 0.4) is 0 Å². The Morgan fingerprint density at radius 3 is 2.64 bits per heavy atom. The average Bonchev–Trinajstić information content (AvgIpc) is 2.30. The summed E-state index contributed by atoms with van der Waals surface area (Å²) in [5.74, 6) is 0.0334. The van der Waals surface area contributed by atoms with Crippen molar-refractivity contribution in [1.29, 1.82) is 0 Å². The van der Waals surface area contributed by atoms with Crippen LogP contribution in [-0.2, 0) is 9.53 Å². The third kappa shape index (κ3) is 3.60. The molecule has 1 N–H and O–H groups in total. The lowest BCUT2D eigenvalue weighted by Gasteiger charge is -2.21. The summed E-state index contributed by atoms with van der Waals surface area (Å²) in [7, 11) is 0. The molecular formula is C10H15NO3. The molecule has 1 aliphatic rings. The lowest BCUT2D eigenvalue weighted by Crippen LogP contribution is -2.37. The van der Waals surface area contributed by atoms with Gasteiger partial charge in [0.15, 0.2) is 5.78 Å². The Bertz CT molecular complexity index is 276. The van der Waals surface area contributed by atoms with Crippen LogP contribution >= 0.6 is 0 Å². The molecule has 0 aromatic carbocycles. The molecule has 0 saturated heterocycles. The second kappa shape index (κ2) is 3.82. The molecule has 0 unspecified atom stereocenters. The van der Waals surface area contributed by atoms with Gasteiger partial charge < -0.3 is 10.1 Å². The van der Waals surface area contributed by atoms with Crippen molar-refractivity contribution in [3.63, 3.8) is 0 Å². The Balaban J connectivity index is 2.35. The molecule has 1 atom stereocenters. The highest BCUT2D eigenvalue weighted by Crippen LogP contribution is 2.09. The number of hydrogen-bond donors (Lipinski definition) is 1. The molecule has 1 amide bonds. The Kier molecular flexibility index (Phi) is 2.93. The molecule has 0 saturated carbocycles. The van der Waals surface area contributed by atoms with Gasteiger partial charge in [0.25, 0.3) is 0 Å². The molecule has 14 heavy (non-hydrogen) atoms. The zero-order valence-electron chi connectivity index (χ0n) is 8.66. The maximum atomic E-state index is 11.2. The van der Waals surface area contributed by atoms with Crippen LogP contribution in [0.15, 0.2) is 12.2 Å². The molecule has 0 aromatic heterocycles. The highest BCUT2D eigenvalue weighted by Gasteiger charge is 2.21. The van der Waals surface area contributed by atoms with Crippen LogP contribution in [0.2, 0.25) is 0 Å². The van der Waals surface area contributed by atoms with Gasteiger partial charge in [-0.15, -0.1) is 0 Å². The predicted molar refractivity (Wildman–Crippen MR) is 51.9 cm³/mol. The summed E-state index contributed by atoms with van der Waals surface area (Å²) in [4.78, 5) is 22.1. The lowest BCUT2D eigenvalue weighted by atomic mass is 10.2. The van der Waals surface area contributed by atoms with Crippen molar-refractivity contribution < 1.29 is 14.3 Å². The van der Waals surface area contributed by atoms with E-state index >= 15 is 0 Å². The van der Waals surface area contributed by atoms with Crippen molar-refractivity contribution in [2.75, 3.05) is 0 Å². The highest BCUT2D eigenvalue weighted by atomic mass is 16.6. The summed E-state index contributed by atoms with van der Waals surface area (Å²) in [6.45, 7) is 5.38. The molecule has 0 fully saturated rings.